The molecule has 0 aliphatic carbocycles. The van der Waals surface area contributed by atoms with Crippen LogP contribution < -0.4 is 5.32 Å². The van der Waals surface area contributed by atoms with Crippen molar-refractivity contribution in [3.8, 4) is 0 Å². The topological polar surface area (TPSA) is 92.3 Å². The molecule has 0 fully saturated rings. The maximum Gasteiger partial charge on any atom is 0.243 e. The number of aryl methyl sites for hydroxylation is 1. The lowest BCUT2D eigenvalue weighted by Gasteiger charge is -2.16. The number of aromatic nitrogens is 2. The third-order valence-electron chi connectivity index (χ3n) is 3.22. The van der Waals surface area contributed by atoms with Gasteiger partial charge in [-0.15, -0.1) is 22.7 Å². The van der Waals surface area contributed by atoms with E-state index in [-0.39, 0.29) is 11.4 Å². The summed E-state index contributed by atoms with van der Waals surface area (Å²) in [6.07, 6.45) is 1.56. The number of thiazole rings is 2. The molecule has 0 saturated heterocycles. The van der Waals surface area contributed by atoms with Crippen LogP contribution in [-0.4, -0.2) is 42.2 Å². The number of likely N-dealkylation sites (N-methyl/N-ethyl adjacent to an activating group) is 1. The van der Waals surface area contributed by atoms with Gasteiger partial charge >= 0.3 is 0 Å². The third-order valence-corrected chi connectivity index (χ3v) is 6.64. The minimum Gasteiger partial charge on any atom is -0.301 e. The second kappa shape index (κ2) is 6.55. The first kappa shape index (κ1) is 17.0. The normalized spacial score (nSPS) is 12.0. The van der Waals surface area contributed by atoms with Crippen LogP contribution >= 0.6 is 22.7 Å². The van der Waals surface area contributed by atoms with Crippen LogP contribution in [0.25, 0.3) is 10.2 Å². The summed E-state index contributed by atoms with van der Waals surface area (Å²) in [6.45, 7) is 1.58. The monoisotopic (exact) mass is 382 g/mol. The minimum absolute atomic E-state index is 0.142. The smallest absolute Gasteiger partial charge is 0.243 e. The van der Waals surface area contributed by atoms with Crippen molar-refractivity contribution in [2.45, 2.75) is 11.8 Å². The van der Waals surface area contributed by atoms with Crippen molar-refractivity contribution in [3.05, 3.63) is 34.8 Å². The Kier molecular flexibility index (Phi) is 4.63. The molecule has 2 heterocycles. The van der Waals surface area contributed by atoms with Gasteiger partial charge in [0.25, 0.3) is 0 Å². The summed E-state index contributed by atoms with van der Waals surface area (Å²) in [5.41, 5.74) is 0.764. The van der Waals surface area contributed by atoms with Crippen LogP contribution in [0.1, 0.15) is 5.01 Å². The molecule has 0 saturated carbocycles. The van der Waals surface area contributed by atoms with Crippen molar-refractivity contribution in [3.63, 3.8) is 0 Å². The van der Waals surface area contributed by atoms with Crippen LogP contribution in [0.3, 0.4) is 0 Å². The summed E-state index contributed by atoms with van der Waals surface area (Å²) in [7, 11) is -2.39. The van der Waals surface area contributed by atoms with E-state index in [1.807, 2.05) is 6.92 Å². The molecule has 0 unspecified atom stereocenters. The van der Waals surface area contributed by atoms with Crippen molar-refractivity contribution >= 4 is 54.0 Å². The van der Waals surface area contributed by atoms with E-state index in [0.717, 1.165) is 19.5 Å². The Morgan fingerprint density at radius 2 is 2.17 bits per heavy atom. The molecule has 1 amide bonds. The highest BCUT2D eigenvalue weighted by Gasteiger charge is 2.24. The molecule has 7 nitrogen and oxygen atoms in total. The number of carbonyl (C=O) groups excluding carboxylic acids is 1. The Hall–Kier alpha value is -1.88. The number of hydrogen-bond donors (Lipinski definition) is 1. The number of nitrogens with one attached hydrogen (secondary N) is 1. The summed E-state index contributed by atoms with van der Waals surface area (Å²) in [5, 5.41) is 5.60. The lowest BCUT2D eigenvalue weighted by atomic mass is 10.3. The number of carbonyl (C=O) groups is 1. The predicted octanol–water partition coefficient (Wildman–Crippen LogP) is 2.32. The molecule has 0 spiro atoms. The van der Waals surface area contributed by atoms with Crippen LogP contribution in [0.4, 0.5) is 5.13 Å². The van der Waals surface area contributed by atoms with Crippen LogP contribution in [0.2, 0.25) is 0 Å². The van der Waals surface area contributed by atoms with Gasteiger partial charge in [-0.2, -0.15) is 4.31 Å². The number of sulfonamides is 1. The van der Waals surface area contributed by atoms with E-state index < -0.39 is 15.9 Å². The molecule has 3 aromatic rings. The van der Waals surface area contributed by atoms with Gasteiger partial charge in [-0.1, -0.05) is 0 Å². The summed E-state index contributed by atoms with van der Waals surface area (Å²) in [5.74, 6) is -0.439. The minimum atomic E-state index is -3.76. The fraction of sp³-hybridized carbons (Fsp3) is 0.214. The Labute approximate surface area is 147 Å². The number of nitrogens with zero attached hydrogens (tertiary/aromatic N) is 3. The largest absolute Gasteiger partial charge is 0.301 e. The Morgan fingerprint density at radius 3 is 2.88 bits per heavy atom. The fourth-order valence-corrected chi connectivity index (χ4v) is 4.73. The summed E-state index contributed by atoms with van der Waals surface area (Å²) in [6, 6.07) is 4.77. The molecule has 126 valence electrons. The van der Waals surface area contributed by atoms with Crippen molar-refractivity contribution in [1.29, 1.82) is 0 Å². The van der Waals surface area contributed by atoms with E-state index in [0.29, 0.717) is 5.13 Å². The second-order valence-corrected chi connectivity index (χ2v) is 9.18. The van der Waals surface area contributed by atoms with Crippen molar-refractivity contribution in [2.75, 3.05) is 18.9 Å². The maximum atomic E-state index is 12.6. The van der Waals surface area contributed by atoms with E-state index in [1.54, 1.807) is 23.7 Å². The zero-order chi connectivity index (χ0) is 17.3. The molecule has 3 rings (SSSR count). The molecule has 2 aromatic heterocycles. The Balaban J connectivity index is 1.78. The maximum absolute atomic E-state index is 12.6. The van der Waals surface area contributed by atoms with Crippen molar-refractivity contribution in [1.82, 2.24) is 14.3 Å². The molecule has 0 bridgehead atoms. The summed E-state index contributed by atoms with van der Waals surface area (Å²) in [4.78, 5) is 20.3. The van der Waals surface area contributed by atoms with Crippen molar-refractivity contribution in [2.24, 2.45) is 0 Å². The van der Waals surface area contributed by atoms with Crippen LogP contribution in [0.15, 0.2) is 34.7 Å². The lowest BCUT2D eigenvalue weighted by molar-refractivity contribution is -0.116. The van der Waals surface area contributed by atoms with E-state index in [4.69, 9.17) is 0 Å². The highest BCUT2D eigenvalue weighted by molar-refractivity contribution is 7.89. The molecule has 1 N–H and O–H groups in total. The van der Waals surface area contributed by atoms with Gasteiger partial charge < -0.3 is 5.32 Å². The molecule has 0 radical (unpaired) electrons. The highest BCUT2D eigenvalue weighted by atomic mass is 32.2. The van der Waals surface area contributed by atoms with E-state index in [9.17, 15) is 13.2 Å². The third kappa shape index (κ3) is 3.46. The molecule has 10 heteroatoms. The van der Waals surface area contributed by atoms with Gasteiger partial charge in [0.1, 0.15) is 0 Å². The standard InChI is InChI=1S/C14H14N4O3S3/c1-9-16-11-4-3-10(7-12(11)23-9)24(20,21)18(2)8-13(19)17-14-15-5-6-22-14/h3-7H,8H2,1-2H3,(H,15,17,19). The van der Waals surface area contributed by atoms with Gasteiger partial charge in [-0.05, 0) is 25.1 Å². The fourth-order valence-electron chi connectivity index (χ4n) is 2.09. The van der Waals surface area contributed by atoms with Crippen LogP contribution in [-0.2, 0) is 14.8 Å². The van der Waals surface area contributed by atoms with Gasteiger partial charge in [-0.3, -0.25) is 4.79 Å². The van der Waals surface area contributed by atoms with Gasteiger partial charge in [-0.25, -0.2) is 18.4 Å². The Bertz CT molecular complexity index is 980. The first-order valence-electron chi connectivity index (χ1n) is 6.89. The summed E-state index contributed by atoms with van der Waals surface area (Å²) < 4.78 is 27.1. The second-order valence-electron chi connectivity index (χ2n) is 5.01. The first-order chi connectivity index (χ1) is 11.4. The molecule has 0 atom stereocenters. The molecular formula is C14H14N4O3S3. The Morgan fingerprint density at radius 1 is 1.38 bits per heavy atom. The average Bonchev–Trinajstić information content (AvgIpc) is 3.14. The SMILES string of the molecule is Cc1nc2ccc(S(=O)(=O)N(C)CC(=O)Nc3nccs3)cc2s1. The molecule has 0 aliphatic rings. The number of benzene rings is 1. The summed E-state index contributed by atoms with van der Waals surface area (Å²) >= 11 is 2.70. The zero-order valence-electron chi connectivity index (χ0n) is 12.9. The molecular weight excluding hydrogens is 368 g/mol. The lowest BCUT2D eigenvalue weighted by Crippen LogP contribution is -2.34. The number of hydrogen-bond acceptors (Lipinski definition) is 7. The van der Waals surface area contributed by atoms with Crippen LogP contribution in [0.5, 0.6) is 0 Å². The number of anilines is 1. The number of amides is 1. The quantitative estimate of drug-likeness (QED) is 0.731. The average molecular weight is 382 g/mol. The highest BCUT2D eigenvalue weighted by Crippen LogP contribution is 2.25. The van der Waals surface area contributed by atoms with Crippen molar-refractivity contribution < 1.29 is 13.2 Å². The number of rotatable bonds is 5. The van der Waals surface area contributed by atoms with E-state index >= 15 is 0 Å². The van der Waals surface area contributed by atoms with Gasteiger partial charge in [0.2, 0.25) is 15.9 Å². The van der Waals surface area contributed by atoms with E-state index in [2.05, 4.69) is 15.3 Å². The van der Waals surface area contributed by atoms with Gasteiger partial charge in [0, 0.05) is 18.6 Å². The molecule has 24 heavy (non-hydrogen) atoms. The zero-order valence-corrected chi connectivity index (χ0v) is 15.3. The first-order valence-corrected chi connectivity index (χ1v) is 10.0. The van der Waals surface area contributed by atoms with E-state index in [1.165, 1.54) is 35.8 Å². The van der Waals surface area contributed by atoms with Gasteiger partial charge in [0.05, 0.1) is 26.7 Å². The molecule has 0 aliphatic heterocycles. The molecule has 1 aromatic carbocycles. The van der Waals surface area contributed by atoms with Crippen LogP contribution in [0, 0.1) is 6.92 Å². The number of fused-ring (bicyclic) bond motifs is 1. The predicted molar refractivity (Wildman–Crippen MR) is 94.9 cm³/mol. The van der Waals surface area contributed by atoms with Gasteiger partial charge in [0.15, 0.2) is 5.13 Å².